The van der Waals surface area contributed by atoms with E-state index in [0.717, 1.165) is 65.0 Å². The van der Waals surface area contributed by atoms with E-state index in [4.69, 9.17) is 4.52 Å². The van der Waals surface area contributed by atoms with Crippen LogP contribution in [0.15, 0.2) is 57.7 Å². The van der Waals surface area contributed by atoms with Crippen LogP contribution in [0.3, 0.4) is 0 Å². The molecule has 1 amide bonds. The van der Waals surface area contributed by atoms with E-state index in [2.05, 4.69) is 40.9 Å². The van der Waals surface area contributed by atoms with E-state index in [1.54, 1.807) is 0 Å². The zero-order valence-corrected chi connectivity index (χ0v) is 17.6. The Morgan fingerprint density at radius 1 is 1.17 bits per heavy atom. The maximum Gasteiger partial charge on any atom is 0.256 e. The first-order valence-corrected chi connectivity index (χ1v) is 11.2. The molecule has 0 spiro atoms. The van der Waals surface area contributed by atoms with Crippen LogP contribution in [0.2, 0.25) is 0 Å². The molecule has 6 heteroatoms. The molecule has 1 aliphatic rings. The first-order chi connectivity index (χ1) is 14.7. The molecule has 1 fully saturated rings. The number of aromatic nitrogens is 1. The number of carbonyl (C=O) groups is 1. The van der Waals surface area contributed by atoms with Gasteiger partial charge in [0.15, 0.2) is 5.58 Å². The van der Waals surface area contributed by atoms with Crippen LogP contribution in [-0.4, -0.2) is 24.2 Å². The molecule has 4 aromatic rings. The number of thiophene rings is 1. The molecule has 1 aliphatic heterocycles. The molecule has 152 valence electrons. The number of hydrogen-bond acceptors (Lipinski definition) is 5. The summed E-state index contributed by atoms with van der Waals surface area (Å²) in [6, 6.07) is 14.1. The van der Waals surface area contributed by atoms with Crippen molar-refractivity contribution in [1.82, 2.24) is 10.5 Å². The number of amides is 1. The highest BCUT2D eigenvalue weighted by Crippen LogP contribution is 2.34. The van der Waals surface area contributed by atoms with Crippen LogP contribution in [0, 0.1) is 6.92 Å². The van der Waals surface area contributed by atoms with Gasteiger partial charge in [-0.1, -0.05) is 17.3 Å². The fourth-order valence-electron chi connectivity index (χ4n) is 4.12. The van der Waals surface area contributed by atoms with Crippen molar-refractivity contribution in [2.24, 2.45) is 0 Å². The topological polar surface area (TPSA) is 67.2 Å². The van der Waals surface area contributed by atoms with Crippen molar-refractivity contribution >= 4 is 33.9 Å². The highest BCUT2D eigenvalue weighted by atomic mass is 32.1. The maximum atomic E-state index is 12.4. The molecule has 0 bridgehead atoms. The molecular weight excluding hydrogens is 394 g/mol. The van der Waals surface area contributed by atoms with Crippen molar-refractivity contribution in [3.05, 3.63) is 70.0 Å². The number of rotatable bonds is 4. The molecule has 30 heavy (non-hydrogen) atoms. The molecule has 2 aromatic heterocycles. The van der Waals surface area contributed by atoms with Gasteiger partial charge in [-0.2, -0.15) is 11.3 Å². The monoisotopic (exact) mass is 417 g/mol. The summed E-state index contributed by atoms with van der Waals surface area (Å²) in [5, 5.41) is 15.7. The van der Waals surface area contributed by atoms with Gasteiger partial charge in [-0.05, 0) is 85.3 Å². The number of benzene rings is 2. The molecule has 2 N–H and O–H groups in total. The van der Waals surface area contributed by atoms with E-state index in [1.165, 1.54) is 11.3 Å². The summed E-state index contributed by atoms with van der Waals surface area (Å²) in [6.45, 7) is 4.13. The normalized spacial score (nSPS) is 14.8. The lowest BCUT2D eigenvalue weighted by atomic mass is 9.92. The average molecular weight is 418 g/mol. The minimum atomic E-state index is -0.0941. The summed E-state index contributed by atoms with van der Waals surface area (Å²) in [4.78, 5) is 12.4. The number of nitrogens with zero attached hydrogens (tertiary/aromatic N) is 1. The van der Waals surface area contributed by atoms with Crippen molar-refractivity contribution in [3.8, 4) is 11.1 Å². The lowest BCUT2D eigenvalue weighted by Crippen LogP contribution is -2.26. The highest BCUT2D eigenvalue weighted by Gasteiger charge is 2.21. The fourth-order valence-corrected chi connectivity index (χ4v) is 4.76. The smallest absolute Gasteiger partial charge is 0.256 e. The minimum absolute atomic E-state index is 0.0941. The lowest BCUT2D eigenvalue weighted by Gasteiger charge is -2.20. The van der Waals surface area contributed by atoms with E-state index in [-0.39, 0.29) is 5.91 Å². The molecule has 0 saturated carbocycles. The van der Waals surface area contributed by atoms with Gasteiger partial charge in [-0.3, -0.25) is 4.79 Å². The van der Waals surface area contributed by atoms with E-state index in [1.807, 2.05) is 35.0 Å². The van der Waals surface area contributed by atoms with E-state index < -0.39 is 0 Å². The zero-order chi connectivity index (χ0) is 20.5. The first kappa shape index (κ1) is 19.0. The Kier molecular flexibility index (Phi) is 5.11. The van der Waals surface area contributed by atoms with Gasteiger partial charge in [0.2, 0.25) is 0 Å². The number of piperidine rings is 1. The van der Waals surface area contributed by atoms with E-state index in [0.29, 0.717) is 11.5 Å². The van der Waals surface area contributed by atoms with Crippen LogP contribution in [0.1, 0.15) is 40.4 Å². The van der Waals surface area contributed by atoms with Gasteiger partial charge in [0.25, 0.3) is 5.91 Å². The second-order valence-corrected chi connectivity index (χ2v) is 8.58. The summed E-state index contributed by atoms with van der Waals surface area (Å²) in [6.07, 6.45) is 2.18. The van der Waals surface area contributed by atoms with Crippen LogP contribution in [-0.2, 0) is 0 Å². The Labute approximate surface area is 179 Å². The molecule has 0 aliphatic carbocycles. The Morgan fingerprint density at radius 3 is 2.83 bits per heavy atom. The lowest BCUT2D eigenvalue weighted by molar-refractivity contribution is 0.102. The number of fused-ring (bicyclic) bond motifs is 1. The van der Waals surface area contributed by atoms with Crippen molar-refractivity contribution in [2.75, 3.05) is 18.4 Å². The molecule has 3 heterocycles. The summed E-state index contributed by atoms with van der Waals surface area (Å²) in [7, 11) is 0. The quantitative estimate of drug-likeness (QED) is 0.455. The van der Waals surface area contributed by atoms with Crippen LogP contribution in [0.5, 0.6) is 0 Å². The number of nitrogens with one attached hydrogen (secondary N) is 2. The van der Waals surface area contributed by atoms with Crippen LogP contribution in [0.4, 0.5) is 5.69 Å². The predicted octanol–water partition coefficient (Wildman–Crippen LogP) is 5.58. The molecule has 5 rings (SSSR count). The Bertz CT molecular complexity index is 1190. The minimum Gasteiger partial charge on any atom is -0.356 e. The Hall–Kier alpha value is -2.96. The standard InChI is InChI=1S/C24H23N3O2S/c1-15-2-4-19(26-24(28)18-8-11-30-14-18)13-21(15)17-3-5-20-22(12-17)29-27-23(20)16-6-9-25-10-7-16/h2-5,8,11-14,16,25H,6-7,9-10H2,1H3,(H,26,28). The van der Waals surface area contributed by atoms with Crippen LogP contribution < -0.4 is 10.6 Å². The number of carbonyl (C=O) groups excluding carboxylic acids is 1. The summed E-state index contributed by atoms with van der Waals surface area (Å²) in [5.74, 6) is 0.360. The maximum absolute atomic E-state index is 12.4. The number of aryl methyl sites for hydroxylation is 1. The van der Waals surface area contributed by atoms with Gasteiger partial charge in [-0.25, -0.2) is 0 Å². The van der Waals surface area contributed by atoms with Gasteiger partial charge in [0.05, 0.1) is 11.3 Å². The number of anilines is 1. The average Bonchev–Trinajstić information content (AvgIpc) is 3.45. The fraction of sp³-hybridized carbons (Fsp3) is 0.250. The molecule has 0 radical (unpaired) electrons. The van der Waals surface area contributed by atoms with Crippen LogP contribution >= 0.6 is 11.3 Å². The second kappa shape index (κ2) is 8.05. The van der Waals surface area contributed by atoms with Crippen molar-refractivity contribution in [1.29, 1.82) is 0 Å². The van der Waals surface area contributed by atoms with Crippen molar-refractivity contribution in [2.45, 2.75) is 25.7 Å². The van der Waals surface area contributed by atoms with Gasteiger partial charge in [0, 0.05) is 22.4 Å². The Balaban J connectivity index is 1.45. The highest BCUT2D eigenvalue weighted by molar-refractivity contribution is 7.08. The molecule has 0 atom stereocenters. The van der Waals surface area contributed by atoms with Gasteiger partial charge < -0.3 is 15.2 Å². The molecule has 2 aromatic carbocycles. The van der Waals surface area contributed by atoms with E-state index in [9.17, 15) is 4.79 Å². The summed E-state index contributed by atoms with van der Waals surface area (Å²) >= 11 is 1.51. The first-order valence-electron chi connectivity index (χ1n) is 10.2. The van der Waals surface area contributed by atoms with Gasteiger partial charge in [-0.15, -0.1) is 0 Å². The SMILES string of the molecule is Cc1ccc(NC(=O)c2ccsc2)cc1-c1ccc2c(C3CCNCC3)noc2c1. The third-order valence-electron chi connectivity index (χ3n) is 5.82. The summed E-state index contributed by atoms with van der Waals surface area (Å²) < 4.78 is 5.71. The molecule has 5 nitrogen and oxygen atoms in total. The molecule has 1 saturated heterocycles. The number of hydrogen-bond donors (Lipinski definition) is 2. The largest absolute Gasteiger partial charge is 0.356 e. The summed E-state index contributed by atoms with van der Waals surface area (Å²) in [5.41, 5.74) is 6.61. The van der Waals surface area contributed by atoms with Crippen molar-refractivity contribution < 1.29 is 9.32 Å². The van der Waals surface area contributed by atoms with Gasteiger partial charge >= 0.3 is 0 Å². The zero-order valence-electron chi connectivity index (χ0n) is 16.8. The van der Waals surface area contributed by atoms with E-state index >= 15 is 0 Å². The van der Waals surface area contributed by atoms with Gasteiger partial charge in [0.1, 0.15) is 0 Å². The molecule has 0 unspecified atom stereocenters. The third-order valence-corrected chi connectivity index (χ3v) is 6.50. The molecular formula is C24H23N3O2S. The third kappa shape index (κ3) is 3.64. The van der Waals surface area contributed by atoms with Crippen LogP contribution in [0.25, 0.3) is 22.1 Å². The van der Waals surface area contributed by atoms with Crippen molar-refractivity contribution in [3.63, 3.8) is 0 Å². The second-order valence-electron chi connectivity index (χ2n) is 7.80. The predicted molar refractivity (Wildman–Crippen MR) is 121 cm³/mol. The Morgan fingerprint density at radius 2 is 2.03 bits per heavy atom.